The molecule has 1 aromatic carbocycles. The molecule has 6 nitrogen and oxygen atoms in total. The number of aryl methyl sites for hydroxylation is 2. The Kier molecular flexibility index (Phi) is 5.96. The van der Waals surface area contributed by atoms with E-state index in [1.54, 1.807) is 18.2 Å². The van der Waals surface area contributed by atoms with Crippen molar-refractivity contribution in [1.82, 2.24) is 15.1 Å². The zero-order chi connectivity index (χ0) is 18.6. The molecule has 0 unspecified atom stereocenters. The average Bonchev–Trinajstić information content (AvgIpc) is 2.84. The molecule has 0 saturated carbocycles. The van der Waals surface area contributed by atoms with Gasteiger partial charge in [0.05, 0.1) is 12.2 Å². The number of aromatic nitrogens is 2. The Balaban J connectivity index is 2.13. The zero-order valence-electron chi connectivity index (χ0n) is 15.1. The number of amides is 1. The third-order valence-electron chi connectivity index (χ3n) is 3.94. The lowest BCUT2D eigenvalue weighted by Gasteiger charge is -2.16. The number of carboxylic acids is 1. The van der Waals surface area contributed by atoms with Gasteiger partial charge in [-0.2, -0.15) is 5.10 Å². The van der Waals surface area contributed by atoms with Crippen LogP contribution in [0.25, 0.3) is 0 Å². The zero-order valence-corrected chi connectivity index (χ0v) is 15.1. The van der Waals surface area contributed by atoms with Gasteiger partial charge in [0.25, 0.3) is 5.91 Å². The van der Waals surface area contributed by atoms with Gasteiger partial charge in [-0.3, -0.25) is 9.48 Å². The number of carbonyl (C=O) groups excluding carboxylic acids is 1. The first-order chi connectivity index (χ1) is 11.8. The van der Waals surface area contributed by atoms with Gasteiger partial charge in [-0.25, -0.2) is 4.79 Å². The van der Waals surface area contributed by atoms with E-state index >= 15 is 0 Å². The summed E-state index contributed by atoms with van der Waals surface area (Å²) in [5.74, 6) is -1.21. The molecule has 0 fully saturated rings. The maximum atomic E-state index is 12.4. The maximum absolute atomic E-state index is 12.4. The first-order valence-corrected chi connectivity index (χ1v) is 8.40. The number of aliphatic carboxylic acids is 1. The number of carbonyl (C=O) groups is 2. The van der Waals surface area contributed by atoms with E-state index in [-0.39, 0.29) is 11.8 Å². The molecular weight excluding hydrogens is 318 g/mol. The van der Waals surface area contributed by atoms with Gasteiger partial charge in [-0.1, -0.05) is 26.0 Å². The van der Waals surface area contributed by atoms with Crippen molar-refractivity contribution in [3.8, 4) is 0 Å². The number of benzene rings is 1. The van der Waals surface area contributed by atoms with Crippen molar-refractivity contribution in [2.75, 3.05) is 0 Å². The Morgan fingerprint density at radius 3 is 2.52 bits per heavy atom. The Morgan fingerprint density at radius 1 is 1.24 bits per heavy atom. The van der Waals surface area contributed by atoms with Crippen LogP contribution in [-0.4, -0.2) is 32.8 Å². The highest BCUT2D eigenvalue weighted by atomic mass is 16.4. The van der Waals surface area contributed by atoms with Crippen LogP contribution in [0, 0.1) is 19.8 Å². The van der Waals surface area contributed by atoms with Gasteiger partial charge < -0.3 is 10.4 Å². The average molecular weight is 343 g/mol. The first kappa shape index (κ1) is 18.7. The second kappa shape index (κ2) is 7.96. The van der Waals surface area contributed by atoms with Crippen molar-refractivity contribution >= 4 is 11.9 Å². The van der Waals surface area contributed by atoms with Crippen LogP contribution in [0.15, 0.2) is 30.3 Å². The van der Waals surface area contributed by atoms with Gasteiger partial charge in [0.1, 0.15) is 6.04 Å². The summed E-state index contributed by atoms with van der Waals surface area (Å²) in [6, 6.07) is 8.31. The molecule has 1 heterocycles. The van der Waals surface area contributed by atoms with Crippen LogP contribution in [0.1, 0.15) is 47.6 Å². The second-order valence-corrected chi connectivity index (χ2v) is 6.78. The van der Waals surface area contributed by atoms with Gasteiger partial charge in [-0.05, 0) is 49.9 Å². The Morgan fingerprint density at radius 2 is 1.96 bits per heavy atom. The second-order valence-electron chi connectivity index (χ2n) is 6.78. The molecule has 2 rings (SSSR count). The molecule has 2 N–H and O–H groups in total. The van der Waals surface area contributed by atoms with Crippen LogP contribution in [0.5, 0.6) is 0 Å². The molecule has 1 atom stereocenters. The number of hydrogen-bond acceptors (Lipinski definition) is 3. The fourth-order valence-electron chi connectivity index (χ4n) is 2.75. The minimum absolute atomic E-state index is 0.179. The summed E-state index contributed by atoms with van der Waals surface area (Å²) in [5, 5.41) is 16.3. The highest BCUT2D eigenvalue weighted by Crippen LogP contribution is 2.11. The van der Waals surface area contributed by atoms with Crippen LogP contribution in [0.4, 0.5) is 0 Å². The third-order valence-corrected chi connectivity index (χ3v) is 3.94. The SMILES string of the molecule is Cc1cc(C)n(Cc2cccc(C(=O)N[C@@H](CC(C)C)C(=O)O)c2)n1. The van der Waals surface area contributed by atoms with E-state index in [2.05, 4.69) is 10.4 Å². The summed E-state index contributed by atoms with van der Waals surface area (Å²) in [7, 11) is 0. The van der Waals surface area contributed by atoms with E-state index in [0.717, 1.165) is 17.0 Å². The fourth-order valence-corrected chi connectivity index (χ4v) is 2.75. The largest absolute Gasteiger partial charge is 0.480 e. The normalized spacial score (nSPS) is 12.2. The van der Waals surface area contributed by atoms with Gasteiger partial charge in [0.15, 0.2) is 0 Å². The van der Waals surface area contributed by atoms with Crippen LogP contribution < -0.4 is 5.32 Å². The van der Waals surface area contributed by atoms with E-state index in [1.165, 1.54) is 0 Å². The lowest BCUT2D eigenvalue weighted by atomic mass is 10.0. The molecule has 0 aliphatic heterocycles. The lowest BCUT2D eigenvalue weighted by molar-refractivity contribution is -0.139. The highest BCUT2D eigenvalue weighted by Gasteiger charge is 2.21. The molecule has 0 spiro atoms. The minimum Gasteiger partial charge on any atom is -0.480 e. The van der Waals surface area contributed by atoms with E-state index in [9.17, 15) is 14.7 Å². The molecule has 1 aromatic heterocycles. The number of carboxylic acid groups (broad SMARTS) is 1. The van der Waals surface area contributed by atoms with Crippen molar-refractivity contribution in [2.24, 2.45) is 5.92 Å². The van der Waals surface area contributed by atoms with Gasteiger partial charge in [0.2, 0.25) is 0 Å². The fraction of sp³-hybridized carbons (Fsp3) is 0.421. The molecule has 0 aliphatic rings. The molecule has 0 aliphatic carbocycles. The number of nitrogens with one attached hydrogen (secondary N) is 1. The summed E-state index contributed by atoms with van der Waals surface area (Å²) >= 11 is 0. The Labute approximate surface area is 147 Å². The van der Waals surface area contributed by atoms with E-state index < -0.39 is 12.0 Å². The first-order valence-electron chi connectivity index (χ1n) is 8.40. The quantitative estimate of drug-likeness (QED) is 0.809. The molecule has 134 valence electrons. The molecule has 2 aromatic rings. The molecular formula is C19H25N3O3. The summed E-state index contributed by atoms with van der Waals surface area (Å²) in [5.41, 5.74) is 3.39. The van der Waals surface area contributed by atoms with Gasteiger partial charge >= 0.3 is 5.97 Å². The number of nitrogens with zero attached hydrogens (tertiary/aromatic N) is 2. The van der Waals surface area contributed by atoms with Crippen molar-refractivity contribution in [2.45, 2.75) is 46.7 Å². The van der Waals surface area contributed by atoms with Crippen LogP contribution >= 0.6 is 0 Å². The minimum atomic E-state index is -1.01. The standard InChI is InChI=1S/C19H25N3O3/c1-12(2)8-17(19(24)25)20-18(23)16-7-5-6-15(10-16)11-22-14(4)9-13(3)21-22/h5-7,9-10,12,17H,8,11H2,1-4H3,(H,20,23)(H,24,25)/t17-/m0/s1. The summed E-state index contributed by atoms with van der Waals surface area (Å²) in [6.07, 6.45) is 0.395. The molecule has 0 radical (unpaired) electrons. The molecule has 6 heteroatoms. The molecule has 0 saturated heterocycles. The number of hydrogen-bond donors (Lipinski definition) is 2. The molecule has 25 heavy (non-hydrogen) atoms. The number of rotatable bonds is 7. The van der Waals surface area contributed by atoms with Crippen molar-refractivity contribution < 1.29 is 14.7 Å². The van der Waals surface area contributed by atoms with Crippen LogP contribution in [0.3, 0.4) is 0 Å². The van der Waals surface area contributed by atoms with Crippen LogP contribution in [-0.2, 0) is 11.3 Å². The molecule has 1 amide bonds. The monoisotopic (exact) mass is 343 g/mol. The Bertz CT molecular complexity index is 765. The summed E-state index contributed by atoms with van der Waals surface area (Å²) < 4.78 is 1.88. The van der Waals surface area contributed by atoms with E-state index in [4.69, 9.17) is 0 Å². The van der Waals surface area contributed by atoms with Crippen molar-refractivity contribution in [1.29, 1.82) is 0 Å². The Hall–Kier alpha value is -2.63. The van der Waals surface area contributed by atoms with Gasteiger partial charge in [-0.15, -0.1) is 0 Å². The topological polar surface area (TPSA) is 84.2 Å². The summed E-state index contributed by atoms with van der Waals surface area (Å²) in [4.78, 5) is 23.7. The highest BCUT2D eigenvalue weighted by molar-refractivity contribution is 5.96. The van der Waals surface area contributed by atoms with E-state index in [0.29, 0.717) is 18.5 Å². The van der Waals surface area contributed by atoms with Crippen molar-refractivity contribution in [3.05, 3.63) is 52.8 Å². The van der Waals surface area contributed by atoms with Crippen LogP contribution in [0.2, 0.25) is 0 Å². The van der Waals surface area contributed by atoms with E-state index in [1.807, 2.05) is 44.5 Å². The van der Waals surface area contributed by atoms with Gasteiger partial charge in [0, 0.05) is 11.3 Å². The lowest BCUT2D eigenvalue weighted by Crippen LogP contribution is -2.41. The van der Waals surface area contributed by atoms with Crippen molar-refractivity contribution in [3.63, 3.8) is 0 Å². The summed E-state index contributed by atoms with van der Waals surface area (Å²) in [6.45, 7) is 8.34. The predicted octanol–water partition coefficient (Wildman–Crippen LogP) is 2.78. The smallest absolute Gasteiger partial charge is 0.326 e. The predicted molar refractivity (Wildman–Crippen MR) is 95.6 cm³/mol. The third kappa shape index (κ3) is 5.17. The molecule has 0 bridgehead atoms. The maximum Gasteiger partial charge on any atom is 0.326 e.